The molecule has 30 heavy (non-hydrogen) atoms. The van der Waals surface area contributed by atoms with Gasteiger partial charge in [0.2, 0.25) is 5.88 Å². The largest absolute Gasteiger partial charge is 0.481 e. The molecule has 1 aliphatic carbocycles. The molecule has 154 valence electrons. The lowest BCUT2D eigenvalue weighted by Gasteiger charge is -2.42. The molecule has 7 heteroatoms. The lowest BCUT2D eigenvalue weighted by atomic mass is 10.1. The van der Waals surface area contributed by atoms with Crippen LogP contribution in [0.2, 0.25) is 0 Å². The number of carbonyl (C=O) groups is 1. The van der Waals surface area contributed by atoms with Crippen molar-refractivity contribution in [3.8, 4) is 5.88 Å². The summed E-state index contributed by atoms with van der Waals surface area (Å²) in [4.78, 5) is 21.1. The van der Waals surface area contributed by atoms with Gasteiger partial charge in [-0.15, -0.1) is 0 Å². The quantitative estimate of drug-likeness (QED) is 0.594. The first-order valence-electron chi connectivity index (χ1n) is 10.0. The molecular formula is C23H23FN4O2. The highest BCUT2D eigenvalue weighted by Crippen LogP contribution is 2.32. The number of anilines is 1. The third-order valence-electron chi connectivity index (χ3n) is 5.85. The van der Waals surface area contributed by atoms with Crippen molar-refractivity contribution in [1.29, 1.82) is 0 Å². The Balaban J connectivity index is 1.33. The summed E-state index contributed by atoms with van der Waals surface area (Å²) in [6.45, 7) is 3.82. The van der Waals surface area contributed by atoms with E-state index in [2.05, 4.69) is 21.8 Å². The Bertz CT molecular complexity index is 1150. The SMILES string of the molecule is COc1ccc(N(CC2=CC2)C(=O)N2CC(n3cc(C)c4cc(F)ccc43)C2)cn1. The maximum Gasteiger partial charge on any atom is 0.324 e. The fourth-order valence-electron chi connectivity index (χ4n) is 3.98. The van der Waals surface area contributed by atoms with Crippen LogP contribution in [-0.4, -0.2) is 47.2 Å². The number of methoxy groups -OCH3 is 1. The molecule has 0 radical (unpaired) electrons. The van der Waals surface area contributed by atoms with E-state index < -0.39 is 0 Å². The van der Waals surface area contributed by atoms with E-state index in [0.717, 1.165) is 28.6 Å². The minimum absolute atomic E-state index is 0.0229. The van der Waals surface area contributed by atoms with Gasteiger partial charge in [0.05, 0.1) is 25.0 Å². The molecule has 6 nitrogen and oxygen atoms in total. The number of pyridine rings is 1. The smallest absolute Gasteiger partial charge is 0.324 e. The van der Waals surface area contributed by atoms with Crippen molar-refractivity contribution >= 4 is 22.6 Å². The molecule has 2 amide bonds. The Morgan fingerprint density at radius 3 is 2.77 bits per heavy atom. The van der Waals surface area contributed by atoms with Crippen molar-refractivity contribution in [3.05, 3.63) is 65.8 Å². The first-order valence-corrected chi connectivity index (χ1v) is 10.0. The number of rotatable bonds is 5. The molecular weight excluding hydrogens is 383 g/mol. The third-order valence-corrected chi connectivity index (χ3v) is 5.85. The Hall–Kier alpha value is -3.35. The molecule has 0 N–H and O–H groups in total. The number of aryl methyl sites for hydroxylation is 1. The van der Waals surface area contributed by atoms with Gasteiger partial charge in [-0.25, -0.2) is 14.2 Å². The summed E-state index contributed by atoms with van der Waals surface area (Å²) in [6, 6.07) is 8.67. The second-order valence-electron chi connectivity index (χ2n) is 7.93. The van der Waals surface area contributed by atoms with Crippen molar-refractivity contribution in [1.82, 2.24) is 14.5 Å². The average Bonchev–Trinajstić information content (AvgIpc) is 3.49. The van der Waals surface area contributed by atoms with Crippen LogP contribution in [0.15, 0.2) is 54.4 Å². The lowest BCUT2D eigenvalue weighted by Crippen LogP contribution is -2.55. The topological polar surface area (TPSA) is 50.6 Å². The van der Waals surface area contributed by atoms with Crippen molar-refractivity contribution in [2.75, 3.05) is 31.6 Å². The zero-order valence-electron chi connectivity index (χ0n) is 17.0. The van der Waals surface area contributed by atoms with E-state index in [-0.39, 0.29) is 17.9 Å². The minimum Gasteiger partial charge on any atom is -0.481 e. The Morgan fingerprint density at radius 1 is 1.30 bits per heavy atom. The van der Waals surface area contributed by atoms with Crippen LogP contribution in [0, 0.1) is 12.7 Å². The summed E-state index contributed by atoms with van der Waals surface area (Å²) < 4.78 is 20.9. The molecule has 2 aliphatic rings. The second-order valence-corrected chi connectivity index (χ2v) is 7.93. The van der Waals surface area contributed by atoms with Crippen LogP contribution in [0.3, 0.4) is 0 Å². The molecule has 0 bridgehead atoms. The molecule has 1 fully saturated rings. The number of aromatic nitrogens is 2. The number of ether oxygens (including phenoxy) is 1. The number of allylic oxidation sites excluding steroid dienone is 1. The molecule has 3 aromatic rings. The van der Waals surface area contributed by atoms with Gasteiger partial charge in [0.1, 0.15) is 5.82 Å². The van der Waals surface area contributed by atoms with Gasteiger partial charge in [-0.05, 0) is 43.2 Å². The molecule has 3 heterocycles. The monoisotopic (exact) mass is 406 g/mol. The molecule has 0 saturated carbocycles. The van der Waals surface area contributed by atoms with Crippen LogP contribution in [-0.2, 0) is 0 Å². The van der Waals surface area contributed by atoms with Gasteiger partial charge in [0.25, 0.3) is 0 Å². The van der Waals surface area contributed by atoms with Crippen molar-refractivity contribution < 1.29 is 13.9 Å². The Labute approximate surface area is 174 Å². The Morgan fingerprint density at radius 2 is 2.10 bits per heavy atom. The summed E-state index contributed by atoms with van der Waals surface area (Å²) in [5.74, 6) is 0.291. The molecule has 5 rings (SSSR count). The van der Waals surface area contributed by atoms with Gasteiger partial charge in [0, 0.05) is 42.8 Å². The second kappa shape index (κ2) is 7.16. The molecule has 1 aromatic carbocycles. The van der Waals surface area contributed by atoms with E-state index in [0.29, 0.717) is 25.5 Å². The summed E-state index contributed by atoms with van der Waals surface area (Å²) in [5, 5.41) is 0.923. The molecule has 0 spiro atoms. The van der Waals surface area contributed by atoms with E-state index in [1.54, 1.807) is 30.3 Å². The number of urea groups is 1. The summed E-state index contributed by atoms with van der Waals surface area (Å²) in [5.41, 5.74) is 4.06. The fraction of sp³-hybridized carbons (Fsp3) is 0.304. The van der Waals surface area contributed by atoms with Crippen LogP contribution in [0.4, 0.5) is 14.9 Å². The maximum atomic E-state index is 13.6. The van der Waals surface area contributed by atoms with Crippen LogP contribution in [0.1, 0.15) is 18.0 Å². The highest BCUT2D eigenvalue weighted by Gasteiger charge is 2.36. The first kappa shape index (κ1) is 18.7. The fourth-order valence-corrected chi connectivity index (χ4v) is 3.98. The average molecular weight is 406 g/mol. The van der Waals surface area contributed by atoms with Crippen molar-refractivity contribution in [3.63, 3.8) is 0 Å². The predicted octanol–water partition coefficient (Wildman–Crippen LogP) is 4.31. The van der Waals surface area contributed by atoms with Gasteiger partial charge in [-0.2, -0.15) is 0 Å². The summed E-state index contributed by atoms with van der Waals surface area (Å²) in [7, 11) is 1.57. The normalized spacial score (nSPS) is 15.7. The van der Waals surface area contributed by atoms with Gasteiger partial charge in [0.15, 0.2) is 0 Å². The van der Waals surface area contributed by atoms with E-state index in [1.807, 2.05) is 24.0 Å². The Kier molecular flexibility index (Phi) is 4.46. The number of nitrogens with zero attached hydrogens (tertiary/aromatic N) is 4. The number of amides is 2. The van der Waals surface area contributed by atoms with E-state index >= 15 is 0 Å². The van der Waals surface area contributed by atoms with Crippen molar-refractivity contribution in [2.24, 2.45) is 0 Å². The highest BCUT2D eigenvalue weighted by atomic mass is 19.1. The molecule has 0 atom stereocenters. The number of halogens is 1. The van der Waals surface area contributed by atoms with Crippen LogP contribution < -0.4 is 9.64 Å². The number of fused-ring (bicyclic) bond motifs is 1. The van der Waals surface area contributed by atoms with Crippen molar-refractivity contribution in [2.45, 2.75) is 19.4 Å². The third kappa shape index (κ3) is 3.30. The number of likely N-dealkylation sites (tertiary alicyclic amines) is 1. The maximum absolute atomic E-state index is 13.6. The lowest BCUT2D eigenvalue weighted by molar-refractivity contribution is 0.132. The minimum atomic E-state index is -0.230. The first-order chi connectivity index (χ1) is 14.5. The van der Waals surface area contributed by atoms with Crippen LogP contribution in [0.25, 0.3) is 10.9 Å². The van der Waals surface area contributed by atoms with E-state index in [1.165, 1.54) is 11.6 Å². The molecule has 2 aromatic heterocycles. The highest BCUT2D eigenvalue weighted by molar-refractivity contribution is 5.93. The summed E-state index contributed by atoms with van der Waals surface area (Å²) >= 11 is 0. The zero-order valence-corrected chi connectivity index (χ0v) is 17.0. The van der Waals surface area contributed by atoms with Gasteiger partial charge < -0.3 is 14.2 Å². The molecule has 1 aliphatic heterocycles. The standard InChI is InChI=1S/C23H23FN4O2/c1-15-11-27(21-7-5-17(24)9-20(15)21)19-13-26(14-19)23(29)28(12-16-3-4-16)18-6-8-22(30-2)25-10-18/h3,5-11,19H,4,12-14H2,1-2H3. The number of benzene rings is 1. The van der Waals surface area contributed by atoms with Gasteiger partial charge in [-0.1, -0.05) is 11.6 Å². The summed E-state index contributed by atoms with van der Waals surface area (Å²) in [6.07, 6.45) is 6.82. The zero-order chi connectivity index (χ0) is 20.8. The number of hydrogen-bond donors (Lipinski definition) is 0. The van der Waals surface area contributed by atoms with Crippen LogP contribution in [0.5, 0.6) is 5.88 Å². The van der Waals surface area contributed by atoms with Crippen LogP contribution >= 0.6 is 0 Å². The van der Waals surface area contributed by atoms with Gasteiger partial charge in [-0.3, -0.25) is 4.90 Å². The van der Waals surface area contributed by atoms with Gasteiger partial charge >= 0.3 is 6.03 Å². The molecule has 1 saturated heterocycles. The van der Waals surface area contributed by atoms with E-state index in [4.69, 9.17) is 4.74 Å². The van der Waals surface area contributed by atoms with E-state index in [9.17, 15) is 9.18 Å². The molecule has 0 unspecified atom stereocenters. The number of hydrogen-bond acceptors (Lipinski definition) is 3. The predicted molar refractivity (Wildman–Crippen MR) is 113 cm³/mol. The number of carbonyl (C=O) groups excluding carboxylic acids is 1.